The number of aromatic hydroxyl groups is 1. The fraction of sp³-hybridized carbons (Fsp3) is 0.682. The van der Waals surface area contributed by atoms with Gasteiger partial charge in [0.2, 0.25) is 5.91 Å². The number of carbonyl (C=O) groups excluding carboxylic acids is 1. The highest BCUT2D eigenvalue weighted by molar-refractivity contribution is 5.90. The molecule has 0 aliphatic heterocycles. The number of carbonyl (C=O) groups is 1. The maximum Gasteiger partial charge on any atom is 0.224 e. The van der Waals surface area contributed by atoms with Gasteiger partial charge in [0.05, 0.1) is 0 Å². The van der Waals surface area contributed by atoms with Crippen molar-refractivity contribution >= 4 is 11.6 Å². The number of benzene rings is 1. The molecule has 0 radical (unpaired) electrons. The lowest BCUT2D eigenvalue weighted by atomic mass is 10.0. The molecule has 0 saturated heterocycles. The summed E-state index contributed by atoms with van der Waals surface area (Å²) in [6.07, 6.45) is 17.7. The van der Waals surface area contributed by atoms with Crippen LogP contribution in [0.1, 0.15) is 96.8 Å². The molecular weight excluding hydrogens is 310 g/mol. The van der Waals surface area contributed by atoms with Crippen LogP contribution in [0.25, 0.3) is 0 Å². The van der Waals surface area contributed by atoms with Crippen LogP contribution in [-0.4, -0.2) is 11.0 Å². The number of phenolic OH excluding ortho intramolecular Hbond substituents is 1. The number of unbranched alkanes of at least 4 members (excludes halogenated alkanes) is 12. The van der Waals surface area contributed by atoms with Crippen LogP contribution < -0.4 is 5.32 Å². The molecule has 3 nitrogen and oxygen atoms in total. The van der Waals surface area contributed by atoms with E-state index < -0.39 is 0 Å². The molecule has 1 amide bonds. The van der Waals surface area contributed by atoms with Crippen molar-refractivity contribution in [3.8, 4) is 5.75 Å². The molecule has 2 N–H and O–H groups in total. The molecule has 0 heterocycles. The van der Waals surface area contributed by atoms with E-state index in [1.807, 2.05) is 0 Å². The summed E-state index contributed by atoms with van der Waals surface area (Å²) in [5.74, 6) is 0.281. The number of rotatable bonds is 15. The van der Waals surface area contributed by atoms with E-state index in [-0.39, 0.29) is 11.7 Å². The van der Waals surface area contributed by atoms with Crippen LogP contribution >= 0.6 is 0 Å². The summed E-state index contributed by atoms with van der Waals surface area (Å²) in [5, 5.41) is 12.1. The zero-order valence-electron chi connectivity index (χ0n) is 16.1. The third-order valence-corrected chi connectivity index (χ3v) is 4.66. The van der Waals surface area contributed by atoms with Crippen molar-refractivity contribution < 1.29 is 9.90 Å². The second-order valence-corrected chi connectivity index (χ2v) is 7.09. The Morgan fingerprint density at radius 1 is 0.760 bits per heavy atom. The van der Waals surface area contributed by atoms with E-state index in [4.69, 9.17) is 0 Å². The summed E-state index contributed by atoms with van der Waals surface area (Å²) in [6.45, 7) is 2.27. The molecule has 0 aliphatic rings. The molecule has 0 aliphatic carbocycles. The highest BCUT2D eigenvalue weighted by Gasteiger charge is 2.02. The predicted octanol–water partition coefficient (Wildman–Crippen LogP) is 6.81. The van der Waals surface area contributed by atoms with Gasteiger partial charge in [0.25, 0.3) is 0 Å². The average molecular weight is 348 g/mol. The first-order valence-corrected chi connectivity index (χ1v) is 10.3. The standard InChI is InChI=1S/C22H37NO2/c1-2-3-4-5-6-7-8-9-10-11-12-13-14-15-22(25)23-20-16-18-21(24)19-17-20/h16-19,24H,2-15H2,1H3,(H,23,25). The van der Waals surface area contributed by atoms with E-state index in [0.717, 1.165) is 18.5 Å². The van der Waals surface area contributed by atoms with Crippen molar-refractivity contribution in [1.82, 2.24) is 0 Å². The third kappa shape index (κ3) is 12.5. The second-order valence-electron chi connectivity index (χ2n) is 7.09. The molecular formula is C22H37NO2. The molecule has 3 heteroatoms. The van der Waals surface area contributed by atoms with Gasteiger partial charge in [-0.05, 0) is 30.7 Å². The lowest BCUT2D eigenvalue weighted by molar-refractivity contribution is -0.116. The minimum Gasteiger partial charge on any atom is -0.508 e. The number of nitrogens with one attached hydrogen (secondary N) is 1. The molecule has 142 valence electrons. The van der Waals surface area contributed by atoms with Gasteiger partial charge < -0.3 is 10.4 Å². The monoisotopic (exact) mass is 347 g/mol. The van der Waals surface area contributed by atoms with Crippen molar-refractivity contribution in [3.05, 3.63) is 24.3 Å². The van der Waals surface area contributed by atoms with Crippen molar-refractivity contribution in [2.45, 2.75) is 96.8 Å². The number of hydrogen-bond acceptors (Lipinski definition) is 2. The smallest absolute Gasteiger partial charge is 0.224 e. The zero-order valence-corrected chi connectivity index (χ0v) is 16.1. The van der Waals surface area contributed by atoms with E-state index in [9.17, 15) is 9.90 Å². The van der Waals surface area contributed by atoms with Gasteiger partial charge in [-0.25, -0.2) is 0 Å². The summed E-state index contributed by atoms with van der Waals surface area (Å²) in [7, 11) is 0. The molecule has 1 aromatic rings. The van der Waals surface area contributed by atoms with Crippen molar-refractivity contribution in [3.63, 3.8) is 0 Å². The third-order valence-electron chi connectivity index (χ3n) is 4.66. The number of phenols is 1. The molecule has 1 aromatic carbocycles. The van der Waals surface area contributed by atoms with Crippen LogP contribution in [0.15, 0.2) is 24.3 Å². The summed E-state index contributed by atoms with van der Waals surface area (Å²) >= 11 is 0. The number of amides is 1. The highest BCUT2D eigenvalue weighted by atomic mass is 16.3. The van der Waals surface area contributed by atoms with Crippen LogP contribution in [0.2, 0.25) is 0 Å². The normalized spacial score (nSPS) is 10.8. The Morgan fingerprint density at radius 3 is 1.68 bits per heavy atom. The molecule has 0 saturated carbocycles. The lowest BCUT2D eigenvalue weighted by Crippen LogP contribution is -2.10. The molecule has 0 unspecified atom stereocenters. The molecule has 1 rings (SSSR count). The molecule has 0 aromatic heterocycles. The van der Waals surface area contributed by atoms with Crippen LogP contribution in [0.5, 0.6) is 5.75 Å². The van der Waals surface area contributed by atoms with Gasteiger partial charge in [-0.1, -0.05) is 84.0 Å². The van der Waals surface area contributed by atoms with E-state index in [2.05, 4.69) is 12.2 Å². The maximum atomic E-state index is 11.8. The van der Waals surface area contributed by atoms with Gasteiger partial charge in [-0.15, -0.1) is 0 Å². The summed E-state index contributed by atoms with van der Waals surface area (Å²) in [6, 6.07) is 6.61. The van der Waals surface area contributed by atoms with E-state index in [1.54, 1.807) is 24.3 Å². The summed E-state index contributed by atoms with van der Waals surface area (Å²) < 4.78 is 0. The first kappa shape index (κ1) is 21.5. The van der Waals surface area contributed by atoms with Gasteiger partial charge in [-0.2, -0.15) is 0 Å². The maximum absolute atomic E-state index is 11.8. The number of hydrogen-bond donors (Lipinski definition) is 2. The number of anilines is 1. The van der Waals surface area contributed by atoms with Gasteiger partial charge in [-0.3, -0.25) is 4.79 Å². The zero-order chi connectivity index (χ0) is 18.2. The fourth-order valence-electron chi connectivity index (χ4n) is 3.07. The van der Waals surface area contributed by atoms with E-state index in [1.165, 1.54) is 70.6 Å². The quantitative estimate of drug-likeness (QED) is 0.270. The Balaban J connectivity index is 1.85. The van der Waals surface area contributed by atoms with Crippen LogP contribution in [-0.2, 0) is 4.79 Å². The first-order valence-electron chi connectivity index (χ1n) is 10.3. The largest absolute Gasteiger partial charge is 0.508 e. The van der Waals surface area contributed by atoms with Gasteiger partial charge in [0, 0.05) is 12.1 Å². The van der Waals surface area contributed by atoms with Crippen molar-refractivity contribution in [1.29, 1.82) is 0 Å². The van der Waals surface area contributed by atoms with E-state index >= 15 is 0 Å². The van der Waals surface area contributed by atoms with Gasteiger partial charge >= 0.3 is 0 Å². The Bertz CT molecular complexity index is 442. The topological polar surface area (TPSA) is 49.3 Å². The van der Waals surface area contributed by atoms with Crippen LogP contribution in [0.3, 0.4) is 0 Å². The second kappa shape index (κ2) is 14.8. The molecule has 0 bridgehead atoms. The first-order chi connectivity index (χ1) is 12.2. The summed E-state index contributed by atoms with van der Waals surface area (Å²) in [4.78, 5) is 11.8. The molecule has 25 heavy (non-hydrogen) atoms. The highest BCUT2D eigenvalue weighted by Crippen LogP contribution is 2.15. The van der Waals surface area contributed by atoms with E-state index in [0.29, 0.717) is 6.42 Å². The average Bonchev–Trinajstić information content (AvgIpc) is 2.61. The molecule has 0 atom stereocenters. The van der Waals surface area contributed by atoms with Gasteiger partial charge in [0.1, 0.15) is 5.75 Å². The Morgan fingerprint density at radius 2 is 1.20 bits per heavy atom. The predicted molar refractivity (Wildman–Crippen MR) is 107 cm³/mol. The SMILES string of the molecule is CCCCCCCCCCCCCCCC(=O)Nc1ccc(O)cc1. The molecule has 0 spiro atoms. The Labute approximate surface area is 154 Å². The lowest BCUT2D eigenvalue weighted by Gasteiger charge is -2.05. The van der Waals surface area contributed by atoms with Crippen LogP contribution in [0.4, 0.5) is 5.69 Å². The Kier molecular flexibility index (Phi) is 12.7. The van der Waals surface area contributed by atoms with Gasteiger partial charge in [0.15, 0.2) is 0 Å². The van der Waals surface area contributed by atoms with Crippen molar-refractivity contribution in [2.24, 2.45) is 0 Å². The molecule has 0 fully saturated rings. The minimum absolute atomic E-state index is 0.0637. The van der Waals surface area contributed by atoms with Crippen molar-refractivity contribution in [2.75, 3.05) is 5.32 Å². The minimum atomic E-state index is 0.0637. The Hall–Kier alpha value is -1.51. The summed E-state index contributed by atoms with van der Waals surface area (Å²) in [5.41, 5.74) is 0.748. The van der Waals surface area contributed by atoms with Crippen LogP contribution in [0, 0.1) is 0 Å². The fourth-order valence-corrected chi connectivity index (χ4v) is 3.07.